The fraction of sp³-hybridized carbons (Fsp3) is 0.564. The van der Waals surface area contributed by atoms with E-state index < -0.39 is 74.1 Å². The summed E-state index contributed by atoms with van der Waals surface area (Å²) in [7, 11) is -3.92. The molecule has 2 aromatic heterocycles. The summed E-state index contributed by atoms with van der Waals surface area (Å²) < 4.78 is 35.2. The van der Waals surface area contributed by atoms with Crippen molar-refractivity contribution in [2.24, 2.45) is 17.8 Å². The minimum atomic E-state index is -3.92. The largest absolute Gasteiger partial charge is 0.444 e. The van der Waals surface area contributed by atoms with Crippen LogP contribution in [0, 0.1) is 17.8 Å². The Hall–Kier alpha value is -4.84. The maximum atomic E-state index is 14.8. The van der Waals surface area contributed by atoms with Crippen LogP contribution in [0.2, 0.25) is 0 Å². The first kappa shape index (κ1) is 39.0. The lowest BCUT2D eigenvalue weighted by atomic mass is 9.93. The second kappa shape index (κ2) is 14.8. The molecule has 57 heavy (non-hydrogen) atoms. The van der Waals surface area contributed by atoms with Crippen LogP contribution in [0.25, 0.3) is 22.6 Å². The third kappa shape index (κ3) is 7.77. The smallest absolute Gasteiger partial charge is 0.408 e. The van der Waals surface area contributed by atoms with Crippen molar-refractivity contribution in [2.45, 2.75) is 101 Å². The van der Waals surface area contributed by atoms with Gasteiger partial charge in [0.1, 0.15) is 28.9 Å². The molecule has 0 unspecified atom stereocenters. The Morgan fingerprint density at radius 1 is 1.04 bits per heavy atom. The summed E-state index contributed by atoms with van der Waals surface area (Å²) in [5, 5.41) is 6.88. The number of hydrogen-bond donors (Lipinski definition) is 3. The van der Waals surface area contributed by atoms with Crippen molar-refractivity contribution in [1.29, 1.82) is 0 Å². The maximum Gasteiger partial charge on any atom is 0.408 e. The first-order valence-corrected chi connectivity index (χ1v) is 22.1. The number of nitrogens with one attached hydrogen (secondary N) is 3. The van der Waals surface area contributed by atoms with Crippen LogP contribution >= 0.6 is 11.3 Å². The van der Waals surface area contributed by atoms with Crippen molar-refractivity contribution in [3.8, 4) is 11.5 Å². The second-order valence-electron chi connectivity index (χ2n) is 16.9. The number of benzene rings is 1. The van der Waals surface area contributed by atoms with Gasteiger partial charge in [0.05, 0.1) is 21.8 Å². The molecule has 6 atom stereocenters. The number of alkyl carbamates (subject to hydrolysis) is 1. The molecule has 0 bridgehead atoms. The van der Waals surface area contributed by atoms with Gasteiger partial charge < -0.3 is 25.2 Å². The van der Waals surface area contributed by atoms with Crippen LogP contribution in [0.5, 0.6) is 0 Å². The monoisotopic (exact) mass is 820 g/mol. The summed E-state index contributed by atoms with van der Waals surface area (Å²) in [6.07, 6.45) is 7.32. The first-order chi connectivity index (χ1) is 27.1. The molecular weight excluding hydrogens is 773 g/mol. The minimum Gasteiger partial charge on any atom is -0.444 e. The molecule has 0 radical (unpaired) electrons. The predicted molar refractivity (Wildman–Crippen MR) is 210 cm³/mol. The van der Waals surface area contributed by atoms with Gasteiger partial charge in [0.15, 0.2) is 5.82 Å². The number of hydrogen-bond acceptors (Lipinski definition) is 11. The van der Waals surface area contributed by atoms with Crippen LogP contribution in [-0.2, 0) is 29.1 Å². The Morgan fingerprint density at radius 2 is 1.82 bits per heavy atom. The number of allylic oxidation sites excluding steroid dienone is 1. The zero-order valence-corrected chi connectivity index (χ0v) is 33.8. The van der Waals surface area contributed by atoms with Gasteiger partial charge in [-0.1, -0.05) is 37.1 Å². The molecule has 8 rings (SSSR count). The lowest BCUT2D eigenvalue weighted by Gasteiger charge is -2.33. The molecule has 4 fully saturated rings. The number of thiazole rings is 1. The molecule has 2 saturated carbocycles. The van der Waals surface area contributed by atoms with E-state index in [9.17, 15) is 32.4 Å². The Bertz CT molecular complexity index is 2230. The number of sulfonamides is 1. The highest BCUT2D eigenvalue weighted by molar-refractivity contribution is 7.91. The SMILES string of the molecule is CC(C)(C)OC(=O)N[C@H]1CCCCC/C=C\[C@@H]2C[C@]2(C(=O)NS(=O)(=O)C2CC2)NC(=O)[C@@H]2[C@H]3CN(C(=O)n4c(-c5cscn5)nc5ccccc54)C[C@H]3CN2C1=O. The highest BCUT2D eigenvalue weighted by atomic mass is 32.2. The molecule has 18 heteroatoms. The number of carbonyl (C=O) groups excluding carboxylic acids is 5. The number of nitrogens with zero attached hydrogens (tertiary/aromatic N) is 5. The number of amides is 5. The van der Waals surface area contributed by atoms with Crippen LogP contribution in [0.1, 0.15) is 72.1 Å². The number of aromatic nitrogens is 3. The number of likely N-dealkylation sites (tertiary alicyclic amines) is 1. The zero-order valence-electron chi connectivity index (χ0n) is 32.2. The van der Waals surface area contributed by atoms with Crippen LogP contribution < -0.4 is 15.4 Å². The van der Waals surface area contributed by atoms with E-state index in [1.165, 1.54) is 20.8 Å². The summed E-state index contributed by atoms with van der Waals surface area (Å²) in [6, 6.07) is 4.81. The second-order valence-corrected chi connectivity index (χ2v) is 19.6. The van der Waals surface area contributed by atoms with Gasteiger partial charge in [-0.05, 0) is 71.4 Å². The Balaban J connectivity index is 1.12. The van der Waals surface area contributed by atoms with Crippen LogP contribution in [0.4, 0.5) is 9.59 Å². The first-order valence-electron chi connectivity index (χ1n) is 19.7. The van der Waals surface area contributed by atoms with Gasteiger partial charge in [-0.25, -0.2) is 32.5 Å². The Labute approximate surface area is 334 Å². The van der Waals surface area contributed by atoms with Crippen LogP contribution in [0.15, 0.2) is 47.3 Å². The molecule has 3 aromatic rings. The number of rotatable bonds is 5. The lowest BCUT2D eigenvalue weighted by molar-refractivity contribution is -0.142. The van der Waals surface area contributed by atoms with Crippen molar-refractivity contribution in [1.82, 2.24) is 39.7 Å². The van der Waals surface area contributed by atoms with Gasteiger partial charge in [-0.2, -0.15) is 0 Å². The lowest BCUT2D eigenvalue weighted by Crippen LogP contribution is -2.60. The van der Waals surface area contributed by atoms with Crippen molar-refractivity contribution in [2.75, 3.05) is 19.6 Å². The Morgan fingerprint density at radius 3 is 2.56 bits per heavy atom. The Kier molecular flexibility index (Phi) is 10.1. The van der Waals surface area contributed by atoms with Crippen LogP contribution in [-0.4, -0.2) is 111 Å². The molecule has 304 valence electrons. The van der Waals surface area contributed by atoms with Gasteiger partial charge in [0.2, 0.25) is 21.8 Å². The van der Waals surface area contributed by atoms with Crippen molar-refractivity contribution < 1.29 is 37.1 Å². The standard InChI is InChI=1S/C39H48N8O8S2/c1-38(2,3)55-36(51)42-28-13-8-6-4-5-7-11-24-17-39(24,35(50)44-57(53,54)25-15-16-25)43-33(48)31-26-20-45(18-23(26)19-46(31)34(28)49)37(52)47-30-14-10-9-12-27(30)41-32(47)29-21-56-22-40-29/h7,9-12,14,21-26,28,31H,4-6,8,13,15-20H2,1-3H3,(H,42,51)(H,43,48)(H,44,50)/b11-7-/t23-,24+,26-,28-,31-,39-/m0/s1. The molecule has 5 aliphatic rings. The number of para-hydroxylation sites is 2. The normalized spacial score (nSPS) is 28.6. The molecule has 2 aliphatic carbocycles. The van der Waals surface area contributed by atoms with E-state index in [1.54, 1.807) is 31.2 Å². The van der Waals surface area contributed by atoms with Gasteiger partial charge in [0.25, 0.3) is 5.91 Å². The third-order valence-corrected chi connectivity index (χ3v) is 14.0. The van der Waals surface area contributed by atoms with Crippen LogP contribution in [0.3, 0.4) is 0 Å². The van der Waals surface area contributed by atoms with Gasteiger partial charge >= 0.3 is 12.1 Å². The van der Waals surface area contributed by atoms with E-state index >= 15 is 0 Å². The fourth-order valence-corrected chi connectivity index (χ4v) is 10.4. The fourth-order valence-electron chi connectivity index (χ4n) is 8.53. The molecular formula is C39H48N8O8S2. The average molecular weight is 821 g/mol. The number of fused-ring (bicyclic) bond motifs is 5. The van der Waals surface area contributed by atoms with E-state index in [0.29, 0.717) is 54.7 Å². The van der Waals surface area contributed by atoms with Crippen molar-refractivity contribution >= 4 is 62.2 Å². The summed E-state index contributed by atoms with van der Waals surface area (Å²) >= 11 is 1.38. The molecule has 0 spiro atoms. The number of ether oxygens (including phenoxy) is 1. The van der Waals surface area contributed by atoms with E-state index in [4.69, 9.17) is 9.72 Å². The quantitative estimate of drug-likeness (QED) is 0.318. The van der Waals surface area contributed by atoms with E-state index in [1.807, 2.05) is 41.8 Å². The molecule has 5 heterocycles. The van der Waals surface area contributed by atoms with Gasteiger partial charge in [-0.3, -0.25) is 19.1 Å². The number of imidazole rings is 1. The number of carbonyl (C=O) groups is 5. The average Bonchev–Trinajstić information content (AvgIpc) is 3.85. The molecule has 3 aliphatic heterocycles. The maximum absolute atomic E-state index is 14.8. The summed E-state index contributed by atoms with van der Waals surface area (Å²) in [6.45, 7) is 5.63. The van der Waals surface area contributed by atoms with Gasteiger partial charge in [-0.15, -0.1) is 11.3 Å². The third-order valence-electron chi connectivity index (χ3n) is 11.6. The molecule has 5 amide bonds. The summed E-state index contributed by atoms with van der Waals surface area (Å²) in [4.78, 5) is 83.2. The highest BCUT2D eigenvalue weighted by Gasteiger charge is 2.63. The summed E-state index contributed by atoms with van der Waals surface area (Å²) in [5.41, 5.74) is 1.08. The predicted octanol–water partition coefficient (Wildman–Crippen LogP) is 3.78. The van der Waals surface area contributed by atoms with Crippen molar-refractivity contribution in [3.05, 3.63) is 47.3 Å². The van der Waals surface area contributed by atoms with E-state index in [-0.39, 0.29) is 38.0 Å². The van der Waals surface area contributed by atoms with Crippen molar-refractivity contribution in [3.63, 3.8) is 0 Å². The topological polar surface area (TPSA) is 202 Å². The molecule has 16 nitrogen and oxygen atoms in total. The van der Waals surface area contributed by atoms with E-state index in [0.717, 1.165) is 12.8 Å². The zero-order chi connectivity index (χ0) is 40.3. The minimum absolute atomic E-state index is 0.108. The highest BCUT2D eigenvalue weighted by Crippen LogP contribution is 2.47. The van der Waals surface area contributed by atoms with E-state index in [2.05, 4.69) is 20.3 Å². The molecule has 1 aromatic carbocycles. The summed E-state index contributed by atoms with van der Waals surface area (Å²) in [5.74, 6) is -2.83. The molecule has 2 saturated heterocycles. The molecule has 3 N–H and O–H groups in total. The van der Waals surface area contributed by atoms with Gasteiger partial charge in [0, 0.05) is 42.8 Å².